The van der Waals surface area contributed by atoms with Crippen LogP contribution in [0, 0.1) is 23.5 Å². The molecule has 9 rings (SSSR count). The van der Waals surface area contributed by atoms with Gasteiger partial charge in [-0.05, 0) is 131 Å². The first-order valence-corrected chi connectivity index (χ1v) is 22.8. The van der Waals surface area contributed by atoms with Crippen LogP contribution in [0.2, 0.25) is 0 Å². The van der Waals surface area contributed by atoms with E-state index in [1.54, 1.807) is 12.1 Å². The van der Waals surface area contributed by atoms with Gasteiger partial charge < -0.3 is 28.3 Å². The summed E-state index contributed by atoms with van der Waals surface area (Å²) in [4.78, 5) is 7.21. The molecule has 3 fully saturated rings. The van der Waals surface area contributed by atoms with Gasteiger partial charge in [0.15, 0.2) is 35.1 Å². The van der Waals surface area contributed by atoms with Crippen molar-refractivity contribution < 1.29 is 80.9 Å². The number of rotatable bonds is 14. The van der Waals surface area contributed by atoms with Crippen molar-refractivity contribution in [2.75, 3.05) is 13.2 Å². The van der Waals surface area contributed by atoms with Crippen molar-refractivity contribution in [3.8, 4) is 22.9 Å². The Hall–Kier alpha value is -5.32. The average molecular weight is 1130 g/mol. The largest absolute Gasteiger partial charge is 0.496 e. The van der Waals surface area contributed by atoms with Crippen LogP contribution in [0.25, 0.3) is 22.4 Å². The van der Waals surface area contributed by atoms with E-state index < -0.39 is 90.1 Å². The molecule has 1 aliphatic heterocycles. The first kappa shape index (κ1) is 59.6. The van der Waals surface area contributed by atoms with Gasteiger partial charge in [0.2, 0.25) is 11.6 Å². The number of halogens is 13. The van der Waals surface area contributed by atoms with Crippen molar-refractivity contribution in [2.45, 2.75) is 130 Å². The SMILES string of the molecule is C.C.C[C@@H](Oc1ncc(-c2ccc3nnc(C(F)(F)OCC4CC4)n3c2)cc1F)C(F)(F)F.C[C@@H](Oc1ncc(B2OC(C)(C)C(C)(C)O2)cc1F)C(F)(F)F.FC(F)(OCC1CC1)c1nnc2ccc(Br)cn12. The Morgan fingerprint density at radius 2 is 1.07 bits per heavy atom. The van der Waals surface area contributed by atoms with Gasteiger partial charge in [-0.3, -0.25) is 8.80 Å². The molecule has 0 N–H and O–H groups in total. The minimum atomic E-state index is -4.69. The summed E-state index contributed by atoms with van der Waals surface area (Å²) in [6, 6.07) is 8.09. The second kappa shape index (κ2) is 22.5. The van der Waals surface area contributed by atoms with Gasteiger partial charge in [-0.15, -0.1) is 20.4 Å². The molecule has 2 aliphatic carbocycles. The molecule has 7 heterocycles. The maximum atomic E-state index is 14.5. The highest BCUT2D eigenvalue weighted by Crippen LogP contribution is 2.39. The summed E-state index contributed by atoms with van der Waals surface area (Å²) >= 11 is 3.23. The minimum absolute atomic E-state index is 0. The lowest BCUT2D eigenvalue weighted by Crippen LogP contribution is -2.41. The summed E-state index contributed by atoms with van der Waals surface area (Å²) in [6.07, 6.45) is -12.2. The predicted molar refractivity (Wildman–Crippen MR) is 248 cm³/mol. The Morgan fingerprint density at radius 3 is 1.50 bits per heavy atom. The van der Waals surface area contributed by atoms with Gasteiger partial charge >= 0.3 is 31.7 Å². The molecule has 0 radical (unpaired) electrons. The van der Waals surface area contributed by atoms with Crippen LogP contribution in [0.15, 0.2) is 65.7 Å². The first-order chi connectivity index (χ1) is 33.4. The summed E-state index contributed by atoms with van der Waals surface area (Å²) in [5.41, 5.74) is -0.0964. The van der Waals surface area contributed by atoms with E-state index in [1.165, 1.54) is 35.1 Å². The lowest BCUT2D eigenvalue weighted by Gasteiger charge is -2.32. The summed E-state index contributed by atoms with van der Waals surface area (Å²) in [5, 5.41) is 14.4. The number of alkyl halides is 10. The molecule has 1 saturated heterocycles. The number of nitrogens with zero attached hydrogens (tertiary/aromatic N) is 8. The van der Waals surface area contributed by atoms with Crippen molar-refractivity contribution in [1.29, 1.82) is 0 Å². The maximum Gasteiger partial charge on any atom is 0.496 e. The summed E-state index contributed by atoms with van der Waals surface area (Å²) in [6.45, 7) is 8.80. The molecule has 28 heteroatoms. The highest BCUT2D eigenvalue weighted by atomic mass is 79.9. The average Bonchev–Trinajstić information content (AvgIpc) is 4.20. The van der Waals surface area contributed by atoms with Crippen molar-refractivity contribution in [3.63, 3.8) is 0 Å². The van der Waals surface area contributed by atoms with E-state index in [4.69, 9.17) is 14.0 Å². The van der Waals surface area contributed by atoms with E-state index in [1.807, 2.05) is 27.7 Å². The predicted octanol–water partition coefficient (Wildman–Crippen LogP) is 11.8. The fraction of sp³-hybridized carbons (Fsp3) is 0.522. The number of fused-ring (bicyclic) bond motifs is 2. The monoisotopic (exact) mass is 1130 g/mol. The van der Waals surface area contributed by atoms with Crippen molar-refractivity contribution >= 4 is 39.8 Å². The van der Waals surface area contributed by atoms with Gasteiger partial charge in [-0.25, -0.2) is 18.7 Å². The molecule has 0 spiro atoms. The molecule has 2 saturated carbocycles. The van der Waals surface area contributed by atoms with Crippen molar-refractivity contribution in [2.24, 2.45) is 11.8 Å². The molecule has 0 unspecified atom stereocenters. The molecule has 6 aromatic heterocycles. The standard InChI is InChI=1S/C19H16F6N4O2.C14H18BF4NO3.C11H10BrF2N3O.2CH4/c1-10(18(21,22)23)31-16-14(20)6-13(7-26-16)12-4-5-15-27-28-17(29(15)8-12)19(24,25)30-9-11-2-3-11;1-8(14(17,18)19)21-11-10(16)6-9(7-20-11)15-22-12(2,3)13(4,5)23-15;12-8-3-4-9-15-16-10(17(9)5-8)11(13,14)18-6-7-1-2-7;;/h4-8,10-11H,2-3,9H2,1H3;6-8H,1-5H3;3-5,7H,1-2,6H2;2*1H4/t10-;8-;;;/m11.../s1. The van der Waals surface area contributed by atoms with E-state index in [0.717, 1.165) is 62.3 Å². The lowest BCUT2D eigenvalue weighted by molar-refractivity contribution is -0.257. The topological polar surface area (TPSA) is 142 Å². The smallest absolute Gasteiger partial charge is 0.463 e. The van der Waals surface area contributed by atoms with Gasteiger partial charge in [-0.1, -0.05) is 14.9 Å². The molecule has 0 aromatic carbocycles. The fourth-order valence-electron chi connectivity index (χ4n) is 6.24. The quantitative estimate of drug-likeness (QED) is 0.0757. The molecule has 6 aromatic rings. The second-order valence-corrected chi connectivity index (χ2v) is 19.0. The highest BCUT2D eigenvalue weighted by Gasteiger charge is 2.52. The van der Waals surface area contributed by atoms with Crippen molar-refractivity contribution in [1.82, 2.24) is 39.2 Å². The summed E-state index contributed by atoms with van der Waals surface area (Å²) < 4.78 is 193. The molecule has 406 valence electrons. The molecule has 0 bridgehead atoms. The number of aromatic nitrogens is 8. The number of pyridine rings is 4. The van der Waals surface area contributed by atoms with Gasteiger partial charge in [0.05, 0.1) is 24.4 Å². The van der Waals surface area contributed by atoms with Gasteiger partial charge in [0, 0.05) is 45.8 Å². The van der Waals surface area contributed by atoms with Gasteiger partial charge in [0.1, 0.15) is 0 Å². The second-order valence-electron chi connectivity index (χ2n) is 18.1. The normalized spacial score (nSPS) is 17.3. The van der Waals surface area contributed by atoms with Crippen molar-refractivity contribution in [3.05, 3.63) is 88.9 Å². The molecule has 2 atom stereocenters. The molecule has 0 amide bonds. The summed E-state index contributed by atoms with van der Waals surface area (Å²) in [5.74, 6) is -4.52. The van der Waals surface area contributed by atoms with Crippen LogP contribution in [0.4, 0.5) is 52.7 Å². The maximum absolute atomic E-state index is 14.5. The van der Waals surface area contributed by atoms with Crippen LogP contribution in [0.3, 0.4) is 0 Å². The van der Waals surface area contributed by atoms with Crippen LogP contribution < -0.4 is 14.9 Å². The zero-order chi connectivity index (χ0) is 52.8. The van der Waals surface area contributed by atoms with E-state index in [0.29, 0.717) is 10.1 Å². The third kappa shape index (κ3) is 14.3. The van der Waals surface area contributed by atoms with E-state index >= 15 is 0 Å². The van der Waals surface area contributed by atoms with Gasteiger partial charge in [-0.2, -0.15) is 43.9 Å². The van der Waals surface area contributed by atoms with E-state index in [9.17, 15) is 52.7 Å². The Labute approximate surface area is 425 Å². The molecular weight excluding hydrogens is 1080 g/mol. The third-order valence-electron chi connectivity index (χ3n) is 11.7. The molecule has 3 aliphatic rings. The summed E-state index contributed by atoms with van der Waals surface area (Å²) in [7, 11) is -0.851. The van der Waals surface area contributed by atoms with Crippen LogP contribution in [-0.2, 0) is 31.0 Å². The van der Waals surface area contributed by atoms with Crippen LogP contribution in [0.1, 0.15) is 93.7 Å². The lowest BCUT2D eigenvalue weighted by atomic mass is 9.80. The van der Waals surface area contributed by atoms with Crippen LogP contribution in [0.5, 0.6) is 11.8 Å². The molecule has 74 heavy (non-hydrogen) atoms. The minimum Gasteiger partial charge on any atom is -0.463 e. The zero-order valence-corrected chi connectivity index (χ0v) is 40.4. The van der Waals surface area contributed by atoms with E-state index in [2.05, 4.69) is 60.5 Å². The van der Waals surface area contributed by atoms with Crippen LogP contribution >= 0.6 is 15.9 Å². The van der Waals surface area contributed by atoms with Crippen LogP contribution in [-0.4, -0.2) is 95.3 Å². The van der Waals surface area contributed by atoms with E-state index in [-0.39, 0.29) is 62.1 Å². The number of hydrogen-bond donors (Lipinski definition) is 0. The number of hydrogen-bond acceptors (Lipinski definition) is 12. The third-order valence-corrected chi connectivity index (χ3v) is 12.1. The fourth-order valence-corrected chi connectivity index (χ4v) is 6.58. The molecular formula is C46H52BBrF12N8O6. The molecule has 14 nitrogen and oxygen atoms in total. The zero-order valence-electron chi connectivity index (χ0n) is 38.8. The Kier molecular flexibility index (Phi) is 18.1. The Bertz CT molecular complexity index is 2850. The first-order valence-electron chi connectivity index (χ1n) is 22.0. The highest BCUT2D eigenvalue weighted by molar-refractivity contribution is 9.10. The Balaban J connectivity index is 0.000000210. The Morgan fingerprint density at radius 1 is 0.635 bits per heavy atom. The number of ether oxygens (including phenoxy) is 4. The van der Waals surface area contributed by atoms with Gasteiger partial charge in [0.25, 0.3) is 11.8 Å².